The van der Waals surface area contributed by atoms with Crippen molar-refractivity contribution in [1.29, 1.82) is 0 Å². The van der Waals surface area contributed by atoms with Crippen LogP contribution in [0.2, 0.25) is 0 Å². The van der Waals surface area contributed by atoms with E-state index in [1.807, 2.05) is 18.0 Å². The second-order valence-corrected chi connectivity index (χ2v) is 5.73. The van der Waals surface area contributed by atoms with Crippen molar-refractivity contribution in [2.45, 2.75) is 25.7 Å². The molecule has 9 heteroatoms. The highest BCUT2D eigenvalue weighted by atomic mass is 127. The molecule has 0 radical (unpaired) electrons. The molecule has 0 heterocycles. The van der Waals surface area contributed by atoms with E-state index in [0.29, 0.717) is 5.96 Å². The molecule has 1 aromatic carbocycles. The molecule has 0 fully saturated rings. The van der Waals surface area contributed by atoms with Gasteiger partial charge in [-0.05, 0) is 31.4 Å². The van der Waals surface area contributed by atoms with Crippen LogP contribution in [-0.4, -0.2) is 44.0 Å². The third kappa shape index (κ3) is 8.63. The monoisotopic (exact) mass is 498 g/mol. The zero-order chi connectivity index (χ0) is 19.5. The number of carbonyl (C=O) groups excluding carboxylic acids is 1. The summed E-state index contributed by atoms with van der Waals surface area (Å²) >= 11 is 0. The molecule has 0 saturated carbocycles. The molecule has 152 valence electrons. The summed E-state index contributed by atoms with van der Waals surface area (Å²) in [4.78, 5) is 17.8. The first-order chi connectivity index (χ1) is 12.4. The lowest BCUT2D eigenvalue weighted by Crippen LogP contribution is -2.42. The van der Waals surface area contributed by atoms with Gasteiger partial charge in [-0.1, -0.05) is 12.5 Å². The third-order valence-electron chi connectivity index (χ3n) is 3.69. The predicted molar refractivity (Wildman–Crippen MR) is 113 cm³/mol. The van der Waals surface area contributed by atoms with Crippen molar-refractivity contribution < 1.29 is 18.0 Å². The number of halogens is 4. The molecule has 0 aliphatic heterocycles. The Hall–Kier alpha value is -1.78. The van der Waals surface area contributed by atoms with Crippen LogP contribution in [-0.2, 0) is 4.79 Å². The molecular formula is C18H26F3IN4O. The Morgan fingerprint density at radius 3 is 2.56 bits per heavy atom. The van der Waals surface area contributed by atoms with Gasteiger partial charge in [-0.3, -0.25) is 9.79 Å². The third-order valence-corrected chi connectivity index (χ3v) is 3.69. The van der Waals surface area contributed by atoms with Crippen LogP contribution in [0.5, 0.6) is 0 Å². The molecule has 0 aliphatic carbocycles. The average Bonchev–Trinajstić information content (AvgIpc) is 2.62. The Kier molecular flexibility index (Phi) is 12.5. The average molecular weight is 498 g/mol. The first kappa shape index (κ1) is 25.2. The standard InChI is InChI=1S/C18H25F3N4O.HI/c1-4-5-6-7-8-11-25(3)18(22-2)23-12-15(26)24-14-10-9-13(19)16(20)17(14)21;/h4,9-10H,1,5-8,11-12H2,2-3H3,(H,22,23)(H,24,26);1H. The molecule has 0 aromatic heterocycles. The first-order valence-corrected chi connectivity index (χ1v) is 8.36. The van der Waals surface area contributed by atoms with E-state index in [4.69, 9.17) is 0 Å². The van der Waals surface area contributed by atoms with Gasteiger partial charge in [0.15, 0.2) is 23.4 Å². The van der Waals surface area contributed by atoms with E-state index < -0.39 is 29.0 Å². The normalized spacial score (nSPS) is 10.8. The number of rotatable bonds is 9. The minimum absolute atomic E-state index is 0. The number of unbranched alkanes of at least 4 members (excludes halogenated alkanes) is 3. The summed E-state index contributed by atoms with van der Waals surface area (Å²) < 4.78 is 39.6. The van der Waals surface area contributed by atoms with Crippen LogP contribution >= 0.6 is 24.0 Å². The van der Waals surface area contributed by atoms with Crippen molar-refractivity contribution in [2.75, 3.05) is 32.5 Å². The summed E-state index contributed by atoms with van der Waals surface area (Å²) in [6, 6.07) is 1.72. The SMILES string of the molecule is C=CCCCCCN(C)C(=NC)NCC(=O)Nc1ccc(F)c(F)c1F.I. The second kappa shape index (κ2) is 13.4. The van der Waals surface area contributed by atoms with E-state index in [2.05, 4.69) is 22.2 Å². The minimum atomic E-state index is -1.62. The summed E-state index contributed by atoms with van der Waals surface area (Å²) in [5, 5.41) is 5.04. The van der Waals surface area contributed by atoms with Gasteiger partial charge in [0.1, 0.15) is 0 Å². The highest BCUT2D eigenvalue weighted by molar-refractivity contribution is 14.0. The maximum atomic E-state index is 13.6. The fraction of sp³-hybridized carbons (Fsp3) is 0.444. The lowest BCUT2D eigenvalue weighted by atomic mass is 10.2. The summed E-state index contributed by atoms with van der Waals surface area (Å²) in [5.41, 5.74) is -0.415. The smallest absolute Gasteiger partial charge is 0.243 e. The maximum Gasteiger partial charge on any atom is 0.243 e. The Labute approximate surface area is 175 Å². The molecule has 2 N–H and O–H groups in total. The molecule has 1 aromatic rings. The molecule has 27 heavy (non-hydrogen) atoms. The Balaban J connectivity index is 0.00000676. The summed E-state index contributed by atoms with van der Waals surface area (Å²) in [7, 11) is 3.43. The molecule has 0 saturated heterocycles. The summed E-state index contributed by atoms with van der Waals surface area (Å²) in [5.74, 6) is -4.46. The molecular weight excluding hydrogens is 472 g/mol. The van der Waals surface area contributed by atoms with Crippen molar-refractivity contribution in [3.63, 3.8) is 0 Å². The van der Waals surface area contributed by atoms with E-state index in [-0.39, 0.29) is 30.5 Å². The topological polar surface area (TPSA) is 56.7 Å². The van der Waals surface area contributed by atoms with Gasteiger partial charge < -0.3 is 15.5 Å². The summed E-state index contributed by atoms with van der Waals surface area (Å²) in [6.07, 6.45) is 5.97. The van der Waals surface area contributed by atoms with Gasteiger partial charge >= 0.3 is 0 Å². The van der Waals surface area contributed by atoms with Gasteiger partial charge in [0.05, 0.1) is 12.2 Å². The first-order valence-electron chi connectivity index (χ1n) is 8.36. The maximum absolute atomic E-state index is 13.6. The number of guanidine groups is 1. The van der Waals surface area contributed by atoms with E-state index in [0.717, 1.165) is 44.4 Å². The predicted octanol–water partition coefficient (Wildman–Crippen LogP) is 3.91. The van der Waals surface area contributed by atoms with Crippen molar-refractivity contribution in [1.82, 2.24) is 10.2 Å². The summed E-state index contributed by atoms with van der Waals surface area (Å²) in [6.45, 7) is 4.25. The van der Waals surface area contributed by atoms with E-state index in [1.54, 1.807) is 7.05 Å². The van der Waals surface area contributed by atoms with Gasteiger partial charge in [0.2, 0.25) is 5.91 Å². The number of aliphatic imine (C=N–C) groups is 1. The quantitative estimate of drug-likeness (QED) is 0.136. The zero-order valence-electron chi connectivity index (χ0n) is 15.5. The van der Waals surface area contributed by atoms with E-state index in [9.17, 15) is 18.0 Å². The van der Waals surface area contributed by atoms with Crippen LogP contribution in [0.25, 0.3) is 0 Å². The highest BCUT2D eigenvalue weighted by Crippen LogP contribution is 2.19. The molecule has 0 spiro atoms. The number of allylic oxidation sites excluding steroid dienone is 1. The Bertz CT molecular complexity index is 656. The molecule has 1 rings (SSSR count). The van der Waals surface area contributed by atoms with Gasteiger partial charge in [0, 0.05) is 20.6 Å². The number of nitrogens with zero attached hydrogens (tertiary/aromatic N) is 2. The fourth-order valence-electron chi connectivity index (χ4n) is 2.28. The van der Waals surface area contributed by atoms with Crippen LogP contribution in [0.1, 0.15) is 25.7 Å². The molecule has 0 atom stereocenters. The fourth-order valence-corrected chi connectivity index (χ4v) is 2.28. The number of hydrogen-bond acceptors (Lipinski definition) is 2. The lowest BCUT2D eigenvalue weighted by Gasteiger charge is -2.21. The van der Waals surface area contributed by atoms with Crippen LogP contribution < -0.4 is 10.6 Å². The Morgan fingerprint density at radius 1 is 1.22 bits per heavy atom. The number of hydrogen-bond donors (Lipinski definition) is 2. The highest BCUT2D eigenvalue weighted by Gasteiger charge is 2.15. The van der Waals surface area contributed by atoms with E-state index in [1.165, 1.54) is 0 Å². The number of carbonyl (C=O) groups is 1. The van der Waals surface area contributed by atoms with Crippen molar-refractivity contribution in [2.24, 2.45) is 4.99 Å². The van der Waals surface area contributed by atoms with Crippen molar-refractivity contribution in [3.05, 3.63) is 42.2 Å². The number of benzene rings is 1. The van der Waals surface area contributed by atoms with E-state index >= 15 is 0 Å². The van der Waals surface area contributed by atoms with Gasteiger partial charge in [-0.2, -0.15) is 0 Å². The van der Waals surface area contributed by atoms with Crippen LogP contribution in [0, 0.1) is 17.5 Å². The van der Waals surface area contributed by atoms with Gasteiger partial charge in [0.25, 0.3) is 0 Å². The molecule has 0 bridgehead atoms. The minimum Gasteiger partial charge on any atom is -0.347 e. The van der Waals surface area contributed by atoms with Gasteiger partial charge in [-0.25, -0.2) is 13.2 Å². The van der Waals surface area contributed by atoms with Gasteiger partial charge in [-0.15, -0.1) is 30.6 Å². The number of amides is 1. The Morgan fingerprint density at radius 2 is 1.93 bits per heavy atom. The second-order valence-electron chi connectivity index (χ2n) is 5.73. The lowest BCUT2D eigenvalue weighted by molar-refractivity contribution is -0.115. The molecule has 0 aliphatic rings. The number of nitrogens with one attached hydrogen (secondary N) is 2. The van der Waals surface area contributed by atoms with Crippen LogP contribution in [0.15, 0.2) is 29.8 Å². The van der Waals surface area contributed by atoms with Crippen molar-refractivity contribution in [3.8, 4) is 0 Å². The number of anilines is 1. The zero-order valence-corrected chi connectivity index (χ0v) is 17.9. The van der Waals surface area contributed by atoms with Crippen molar-refractivity contribution >= 4 is 41.5 Å². The molecule has 0 unspecified atom stereocenters. The van der Waals surface area contributed by atoms with Crippen LogP contribution in [0.4, 0.5) is 18.9 Å². The molecule has 1 amide bonds. The molecule has 5 nitrogen and oxygen atoms in total. The largest absolute Gasteiger partial charge is 0.347 e. The van der Waals surface area contributed by atoms with Crippen LogP contribution in [0.3, 0.4) is 0 Å².